The van der Waals surface area contributed by atoms with E-state index in [-0.39, 0.29) is 23.7 Å². The van der Waals surface area contributed by atoms with Gasteiger partial charge in [0.15, 0.2) is 0 Å². The number of rotatable bonds is 7. The van der Waals surface area contributed by atoms with Gasteiger partial charge in [-0.05, 0) is 62.3 Å². The Morgan fingerprint density at radius 3 is 2.46 bits per heavy atom. The van der Waals surface area contributed by atoms with Gasteiger partial charge >= 0.3 is 0 Å². The highest BCUT2D eigenvalue weighted by Crippen LogP contribution is 2.57. The fourth-order valence-electron chi connectivity index (χ4n) is 6.19. The summed E-state index contributed by atoms with van der Waals surface area (Å²) in [6.07, 6.45) is 7.42. The molecule has 0 radical (unpaired) electrons. The molecule has 0 atom stereocenters. The van der Waals surface area contributed by atoms with Gasteiger partial charge in [0.2, 0.25) is 5.91 Å². The Bertz CT molecular complexity index is 781. The number of nitro benzene ring substituents is 1. The Morgan fingerprint density at radius 1 is 1.25 bits per heavy atom. The van der Waals surface area contributed by atoms with Crippen LogP contribution in [-0.4, -0.2) is 34.4 Å². The molecule has 0 heterocycles. The predicted octanol–water partition coefficient (Wildman–Crippen LogP) is 3.72. The lowest BCUT2D eigenvalue weighted by molar-refractivity contribution is -0.384. The third-order valence-corrected chi connectivity index (χ3v) is 6.83. The lowest BCUT2D eigenvalue weighted by Crippen LogP contribution is -2.62. The molecular weight excluding hydrogens is 356 g/mol. The largest absolute Gasteiger partial charge is 0.376 e. The number of carbonyl (C=O) groups excluding carboxylic acids is 1. The highest BCUT2D eigenvalue weighted by Gasteiger charge is 2.54. The molecule has 0 aromatic heterocycles. The maximum absolute atomic E-state index is 13.2. The number of nitriles is 1. The normalized spacial score (nSPS) is 29.9. The number of non-ortho nitro benzene ring substituents is 1. The number of carbonyl (C=O) groups is 1. The van der Waals surface area contributed by atoms with Crippen LogP contribution in [0.1, 0.15) is 44.9 Å². The maximum atomic E-state index is 13.2. The molecule has 4 aliphatic carbocycles. The molecule has 0 spiro atoms. The van der Waals surface area contributed by atoms with Crippen LogP contribution >= 0.6 is 0 Å². The molecule has 0 unspecified atom stereocenters. The van der Waals surface area contributed by atoms with E-state index >= 15 is 0 Å². The molecule has 1 N–H and O–H groups in total. The molecule has 0 aliphatic heterocycles. The fourth-order valence-corrected chi connectivity index (χ4v) is 6.19. The quantitative estimate of drug-likeness (QED) is 0.572. The van der Waals surface area contributed by atoms with E-state index < -0.39 is 4.92 Å². The Labute approximate surface area is 164 Å². The van der Waals surface area contributed by atoms with E-state index in [1.165, 1.54) is 31.4 Å². The minimum absolute atomic E-state index is 0.000121. The molecule has 1 aromatic rings. The Hall–Kier alpha value is -2.62. The molecule has 1 amide bonds. The van der Waals surface area contributed by atoms with Gasteiger partial charge in [-0.2, -0.15) is 5.26 Å². The van der Waals surface area contributed by atoms with Crippen molar-refractivity contribution in [1.29, 1.82) is 5.26 Å². The second-order valence-corrected chi connectivity index (χ2v) is 8.76. The summed E-state index contributed by atoms with van der Waals surface area (Å²) in [7, 11) is 0. The molecule has 4 saturated carbocycles. The second-order valence-electron chi connectivity index (χ2n) is 8.76. The topological polar surface area (TPSA) is 99.3 Å². The number of nitrogens with one attached hydrogen (secondary N) is 1. The van der Waals surface area contributed by atoms with E-state index in [4.69, 9.17) is 5.26 Å². The van der Waals surface area contributed by atoms with E-state index in [9.17, 15) is 14.9 Å². The van der Waals surface area contributed by atoms with Crippen LogP contribution in [0.15, 0.2) is 24.3 Å². The van der Waals surface area contributed by atoms with E-state index in [2.05, 4.69) is 11.4 Å². The molecule has 148 valence electrons. The van der Waals surface area contributed by atoms with Gasteiger partial charge in [0, 0.05) is 29.9 Å². The van der Waals surface area contributed by atoms with Crippen LogP contribution < -0.4 is 5.32 Å². The van der Waals surface area contributed by atoms with E-state index in [1.807, 2.05) is 4.90 Å². The van der Waals surface area contributed by atoms with E-state index in [1.54, 1.807) is 12.1 Å². The minimum Gasteiger partial charge on any atom is -0.376 e. The first-order chi connectivity index (χ1) is 13.5. The lowest BCUT2D eigenvalue weighted by Gasteiger charge is -2.60. The molecule has 4 aliphatic rings. The van der Waals surface area contributed by atoms with Crippen molar-refractivity contribution in [2.75, 3.05) is 18.4 Å². The molecular formula is C21H26N4O3. The molecule has 28 heavy (non-hydrogen) atoms. The number of nitrogens with zero attached hydrogens (tertiary/aromatic N) is 3. The molecule has 4 fully saturated rings. The van der Waals surface area contributed by atoms with Crippen LogP contribution in [0.3, 0.4) is 0 Å². The van der Waals surface area contributed by atoms with Crippen LogP contribution in [0.25, 0.3) is 0 Å². The number of nitro groups is 1. The van der Waals surface area contributed by atoms with Crippen LogP contribution in [0.2, 0.25) is 0 Å². The summed E-state index contributed by atoms with van der Waals surface area (Å²) in [6.45, 7) is 0.562. The zero-order valence-electron chi connectivity index (χ0n) is 16.0. The maximum Gasteiger partial charge on any atom is 0.271 e. The van der Waals surface area contributed by atoms with Gasteiger partial charge in [0.1, 0.15) is 0 Å². The van der Waals surface area contributed by atoms with Crippen molar-refractivity contribution in [2.45, 2.75) is 50.5 Å². The zero-order valence-corrected chi connectivity index (χ0v) is 16.0. The van der Waals surface area contributed by atoms with Crippen molar-refractivity contribution in [2.24, 2.45) is 17.8 Å². The molecule has 4 bridgehead atoms. The minimum atomic E-state index is -0.443. The van der Waals surface area contributed by atoms with Crippen LogP contribution in [0.5, 0.6) is 0 Å². The first-order valence-electron chi connectivity index (χ1n) is 10.1. The number of hydrogen-bond acceptors (Lipinski definition) is 5. The first kappa shape index (κ1) is 18.7. The van der Waals surface area contributed by atoms with Crippen molar-refractivity contribution in [3.63, 3.8) is 0 Å². The average Bonchev–Trinajstić information content (AvgIpc) is 2.65. The summed E-state index contributed by atoms with van der Waals surface area (Å²) >= 11 is 0. The van der Waals surface area contributed by atoms with Crippen LogP contribution in [-0.2, 0) is 4.79 Å². The van der Waals surface area contributed by atoms with Gasteiger partial charge < -0.3 is 10.2 Å². The summed E-state index contributed by atoms with van der Waals surface area (Å²) in [5, 5.41) is 23.1. The summed E-state index contributed by atoms with van der Waals surface area (Å²) in [4.78, 5) is 25.7. The zero-order chi connectivity index (χ0) is 19.7. The highest BCUT2D eigenvalue weighted by molar-refractivity contribution is 5.82. The van der Waals surface area contributed by atoms with Crippen molar-refractivity contribution < 1.29 is 9.72 Å². The Kier molecular flexibility index (Phi) is 4.96. The van der Waals surface area contributed by atoms with Gasteiger partial charge in [0.25, 0.3) is 5.69 Å². The predicted molar refractivity (Wildman–Crippen MR) is 104 cm³/mol. The summed E-state index contributed by atoms with van der Waals surface area (Å²) in [5.41, 5.74) is 0.473. The fraction of sp³-hybridized carbons (Fsp3) is 0.619. The third kappa shape index (κ3) is 3.56. The van der Waals surface area contributed by atoms with Gasteiger partial charge in [-0.25, -0.2) is 0 Å². The standard InChI is InChI=1S/C21H26N4O3/c22-5-2-6-24(21-11-15-7-16(12-21)9-17(8-15)13-21)20(26)14-23-18-3-1-4-19(10-18)25(27)28/h1,3-4,10,15-17,23H,2,6-9,11-14H2. The number of amides is 1. The monoisotopic (exact) mass is 382 g/mol. The molecule has 0 saturated heterocycles. The summed E-state index contributed by atoms with van der Waals surface area (Å²) in [5.74, 6) is 2.14. The first-order valence-corrected chi connectivity index (χ1v) is 10.1. The smallest absolute Gasteiger partial charge is 0.271 e. The van der Waals surface area contributed by atoms with Gasteiger partial charge in [-0.3, -0.25) is 14.9 Å². The SMILES string of the molecule is N#CCCN(C(=O)CNc1cccc([N+](=O)[O-])c1)C12CC3CC(CC(C3)C1)C2. The van der Waals surface area contributed by atoms with Crippen LogP contribution in [0.4, 0.5) is 11.4 Å². The number of hydrogen-bond donors (Lipinski definition) is 1. The van der Waals surface area contributed by atoms with E-state index in [0.29, 0.717) is 36.4 Å². The van der Waals surface area contributed by atoms with Crippen molar-refractivity contribution in [3.05, 3.63) is 34.4 Å². The molecule has 7 nitrogen and oxygen atoms in total. The second kappa shape index (κ2) is 7.42. The van der Waals surface area contributed by atoms with Gasteiger partial charge in [-0.15, -0.1) is 0 Å². The van der Waals surface area contributed by atoms with Crippen molar-refractivity contribution in [1.82, 2.24) is 4.90 Å². The lowest BCUT2D eigenvalue weighted by atomic mass is 9.52. The van der Waals surface area contributed by atoms with Crippen molar-refractivity contribution in [3.8, 4) is 6.07 Å². The van der Waals surface area contributed by atoms with Crippen molar-refractivity contribution >= 4 is 17.3 Å². The average molecular weight is 382 g/mol. The third-order valence-electron chi connectivity index (χ3n) is 6.83. The van der Waals surface area contributed by atoms with E-state index in [0.717, 1.165) is 19.3 Å². The summed E-state index contributed by atoms with van der Waals surface area (Å²) in [6, 6.07) is 8.40. The van der Waals surface area contributed by atoms with Crippen LogP contribution in [0, 0.1) is 39.2 Å². The molecule has 1 aromatic carbocycles. The molecule has 7 heteroatoms. The van der Waals surface area contributed by atoms with Gasteiger partial charge in [-0.1, -0.05) is 6.07 Å². The summed E-state index contributed by atoms with van der Waals surface area (Å²) < 4.78 is 0. The van der Waals surface area contributed by atoms with Gasteiger partial charge in [0.05, 0.1) is 24.0 Å². The Balaban J connectivity index is 1.48. The molecule has 5 rings (SSSR count). The Morgan fingerprint density at radius 2 is 1.89 bits per heavy atom. The number of benzene rings is 1. The number of anilines is 1. The highest BCUT2D eigenvalue weighted by atomic mass is 16.6.